The van der Waals surface area contributed by atoms with Crippen LogP contribution in [0.4, 0.5) is 5.69 Å². The normalized spacial score (nSPS) is 17.1. The van der Waals surface area contributed by atoms with Gasteiger partial charge in [-0.25, -0.2) is 0 Å². The first-order valence-electron chi connectivity index (χ1n) is 8.25. The van der Waals surface area contributed by atoms with Crippen LogP contribution in [0.1, 0.15) is 32.3 Å². The lowest BCUT2D eigenvalue weighted by Gasteiger charge is -2.20. The van der Waals surface area contributed by atoms with Crippen molar-refractivity contribution in [2.75, 3.05) is 26.1 Å². The maximum atomic E-state index is 12.5. The lowest BCUT2D eigenvalue weighted by atomic mass is 10.1. The first kappa shape index (κ1) is 18.1. The zero-order valence-electron chi connectivity index (χ0n) is 14.8. The summed E-state index contributed by atoms with van der Waals surface area (Å²) in [4.78, 5) is 25.7. The molecule has 0 radical (unpaired) electrons. The molecular weight excluding hydrogens is 308 g/mol. The van der Waals surface area contributed by atoms with E-state index in [2.05, 4.69) is 19.2 Å². The number of amides is 1. The van der Waals surface area contributed by atoms with Crippen molar-refractivity contribution in [3.63, 3.8) is 0 Å². The number of carbonyl (C=O) groups is 2. The molecule has 6 heteroatoms. The Hall–Kier alpha value is -2.24. The van der Waals surface area contributed by atoms with E-state index < -0.39 is 12.0 Å². The molecule has 6 nitrogen and oxygen atoms in total. The molecule has 1 aliphatic rings. The molecule has 1 heterocycles. The van der Waals surface area contributed by atoms with E-state index in [9.17, 15) is 9.59 Å². The van der Waals surface area contributed by atoms with Crippen molar-refractivity contribution in [2.24, 2.45) is 5.92 Å². The number of para-hydroxylation sites is 1. The van der Waals surface area contributed by atoms with Crippen LogP contribution in [0.15, 0.2) is 18.2 Å². The smallest absolute Gasteiger partial charge is 0.308 e. The molecule has 1 aromatic carbocycles. The average Bonchev–Trinajstić information content (AvgIpc) is 2.65. The molecule has 24 heavy (non-hydrogen) atoms. The van der Waals surface area contributed by atoms with Gasteiger partial charge in [-0.2, -0.15) is 0 Å². The highest BCUT2D eigenvalue weighted by molar-refractivity contribution is 5.91. The second-order valence-corrected chi connectivity index (χ2v) is 6.49. The van der Waals surface area contributed by atoms with Gasteiger partial charge in [0.25, 0.3) is 0 Å². The monoisotopic (exact) mass is 334 g/mol. The molecule has 1 aliphatic heterocycles. The molecule has 132 valence electrons. The minimum absolute atomic E-state index is 0.0144. The van der Waals surface area contributed by atoms with E-state index >= 15 is 0 Å². The second kappa shape index (κ2) is 8.04. The number of likely N-dealkylation sites (N-methyl/N-ethyl adjacent to an activating group) is 1. The number of nitrogens with zero attached hydrogens (tertiary/aromatic N) is 1. The van der Waals surface area contributed by atoms with Gasteiger partial charge in [-0.3, -0.25) is 9.59 Å². The van der Waals surface area contributed by atoms with Crippen molar-refractivity contribution in [1.82, 2.24) is 4.90 Å². The maximum absolute atomic E-state index is 12.5. The van der Waals surface area contributed by atoms with Gasteiger partial charge in [0, 0.05) is 13.6 Å². The van der Waals surface area contributed by atoms with Crippen molar-refractivity contribution < 1.29 is 19.1 Å². The van der Waals surface area contributed by atoms with Crippen LogP contribution in [0.2, 0.25) is 0 Å². The molecule has 0 fully saturated rings. The summed E-state index contributed by atoms with van der Waals surface area (Å²) < 4.78 is 10.6. The summed E-state index contributed by atoms with van der Waals surface area (Å²) >= 11 is 0. The Morgan fingerprint density at radius 3 is 2.83 bits per heavy atom. The predicted molar refractivity (Wildman–Crippen MR) is 91.9 cm³/mol. The number of fused-ring (bicyclic) bond motifs is 1. The summed E-state index contributed by atoms with van der Waals surface area (Å²) in [5.74, 6) is 0.715. The molecule has 0 unspecified atom stereocenters. The lowest BCUT2D eigenvalue weighted by Crippen LogP contribution is -2.39. The Morgan fingerprint density at radius 2 is 2.17 bits per heavy atom. The number of esters is 1. The first-order valence-corrected chi connectivity index (χ1v) is 8.25. The number of carbonyl (C=O) groups excluding carboxylic acids is 2. The number of hydrogen-bond donors (Lipinski definition) is 1. The fourth-order valence-electron chi connectivity index (χ4n) is 2.62. The van der Waals surface area contributed by atoms with Gasteiger partial charge in [-0.1, -0.05) is 26.0 Å². The zero-order chi connectivity index (χ0) is 17.7. The summed E-state index contributed by atoms with van der Waals surface area (Å²) in [7, 11) is 3.05. The van der Waals surface area contributed by atoms with Crippen molar-refractivity contribution in [3.05, 3.63) is 23.8 Å². The Bertz CT molecular complexity index is 601. The highest BCUT2D eigenvalue weighted by Gasteiger charge is 2.30. The standard InChI is InChI=1S/C18H26N2O4/c1-12(2)8-9-24-15-7-5-6-13-11-20(3)18(22)14(19-17(13)15)10-16(21)23-4/h5-7,12,14,19H,8-11H2,1-4H3/t14-/m0/s1. The highest BCUT2D eigenvalue weighted by atomic mass is 16.5. The van der Waals surface area contributed by atoms with E-state index in [1.807, 2.05) is 18.2 Å². The Kier molecular flexibility index (Phi) is 6.06. The Labute approximate surface area is 143 Å². The number of ether oxygens (including phenoxy) is 2. The highest BCUT2D eigenvalue weighted by Crippen LogP contribution is 2.33. The summed E-state index contributed by atoms with van der Waals surface area (Å²) in [6, 6.07) is 5.11. The second-order valence-electron chi connectivity index (χ2n) is 6.49. The molecule has 0 bridgehead atoms. The van der Waals surface area contributed by atoms with Gasteiger partial charge in [0.1, 0.15) is 11.8 Å². The fraction of sp³-hybridized carbons (Fsp3) is 0.556. The molecule has 0 aromatic heterocycles. The number of anilines is 1. The number of hydrogen-bond acceptors (Lipinski definition) is 5. The van der Waals surface area contributed by atoms with Crippen LogP contribution in [0.25, 0.3) is 0 Å². The summed E-state index contributed by atoms with van der Waals surface area (Å²) in [5.41, 5.74) is 1.76. The Balaban J connectivity index is 2.24. The maximum Gasteiger partial charge on any atom is 0.308 e. The van der Waals surface area contributed by atoms with E-state index in [4.69, 9.17) is 9.47 Å². The molecule has 0 saturated heterocycles. The van der Waals surface area contributed by atoms with Crippen molar-refractivity contribution >= 4 is 17.6 Å². The summed E-state index contributed by atoms with van der Waals surface area (Å²) in [5, 5.41) is 3.19. The molecule has 0 aliphatic carbocycles. The molecular formula is C18H26N2O4. The molecule has 2 rings (SSSR count). The van der Waals surface area contributed by atoms with Crippen molar-refractivity contribution in [3.8, 4) is 5.75 Å². The molecule has 1 aromatic rings. The third-order valence-electron chi connectivity index (χ3n) is 4.06. The summed E-state index contributed by atoms with van der Waals surface area (Å²) in [6.07, 6.45) is 0.938. The quantitative estimate of drug-likeness (QED) is 0.809. The number of benzene rings is 1. The van der Waals surface area contributed by atoms with Gasteiger partial charge in [0.05, 0.1) is 25.8 Å². The number of methoxy groups -OCH3 is 1. The zero-order valence-corrected chi connectivity index (χ0v) is 14.8. The largest absolute Gasteiger partial charge is 0.491 e. The van der Waals surface area contributed by atoms with Crippen LogP contribution in [0.3, 0.4) is 0 Å². The van der Waals surface area contributed by atoms with Gasteiger partial charge in [0.15, 0.2) is 0 Å². The third kappa shape index (κ3) is 4.40. The van der Waals surface area contributed by atoms with Gasteiger partial charge in [0.2, 0.25) is 5.91 Å². The molecule has 0 spiro atoms. The van der Waals surface area contributed by atoms with Crippen LogP contribution in [-0.4, -0.2) is 43.6 Å². The molecule has 1 atom stereocenters. The summed E-state index contributed by atoms with van der Waals surface area (Å²) in [6.45, 7) is 5.38. The average molecular weight is 334 g/mol. The molecule has 1 amide bonds. The molecule has 1 N–H and O–H groups in total. The van der Waals surface area contributed by atoms with Crippen LogP contribution < -0.4 is 10.1 Å². The lowest BCUT2D eigenvalue weighted by molar-refractivity contribution is -0.143. The van der Waals surface area contributed by atoms with Crippen LogP contribution >= 0.6 is 0 Å². The first-order chi connectivity index (χ1) is 11.4. The van der Waals surface area contributed by atoms with Gasteiger partial charge in [-0.15, -0.1) is 0 Å². The van der Waals surface area contributed by atoms with E-state index in [0.29, 0.717) is 24.8 Å². The predicted octanol–water partition coefficient (Wildman–Crippen LogP) is 2.43. The van der Waals surface area contributed by atoms with Crippen LogP contribution in [0.5, 0.6) is 5.75 Å². The van der Waals surface area contributed by atoms with E-state index in [1.165, 1.54) is 7.11 Å². The van der Waals surface area contributed by atoms with Crippen molar-refractivity contribution in [2.45, 2.75) is 39.3 Å². The molecule has 0 saturated carbocycles. The SMILES string of the molecule is COC(=O)C[C@@H]1Nc2c(cccc2OCCC(C)C)CN(C)C1=O. The van der Waals surface area contributed by atoms with E-state index in [1.54, 1.807) is 11.9 Å². The van der Waals surface area contributed by atoms with Crippen LogP contribution in [-0.2, 0) is 20.9 Å². The van der Waals surface area contributed by atoms with Crippen LogP contribution in [0, 0.1) is 5.92 Å². The number of rotatable bonds is 6. The van der Waals surface area contributed by atoms with Gasteiger partial charge in [-0.05, 0) is 24.0 Å². The van der Waals surface area contributed by atoms with E-state index in [-0.39, 0.29) is 12.3 Å². The third-order valence-corrected chi connectivity index (χ3v) is 4.06. The topological polar surface area (TPSA) is 67.9 Å². The van der Waals surface area contributed by atoms with Gasteiger partial charge >= 0.3 is 5.97 Å². The van der Waals surface area contributed by atoms with Crippen molar-refractivity contribution in [1.29, 1.82) is 0 Å². The van der Waals surface area contributed by atoms with E-state index in [0.717, 1.165) is 17.7 Å². The minimum Gasteiger partial charge on any atom is -0.491 e. The Morgan fingerprint density at radius 1 is 1.42 bits per heavy atom. The fourth-order valence-corrected chi connectivity index (χ4v) is 2.62. The van der Waals surface area contributed by atoms with Gasteiger partial charge < -0.3 is 19.7 Å². The minimum atomic E-state index is -0.654. The number of nitrogens with one attached hydrogen (secondary N) is 1.